The maximum absolute atomic E-state index is 4.48. The van der Waals surface area contributed by atoms with Gasteiger partial charge in [-0.15, -0.1) is 11.3 Å². The molecule has 1 atom stereocenters. The van der Waals surface area contributed by atoms with Crippen LogP contribution >= 0.6 is 11.3 Å². The average Bonchev–Trinajstić information content (AvgIpc) is 2.65. The van der Waals surface area contributed by atoms with Crippen LogP contribution < -0.4 is 5.32 Å². The highest BCUT2D eigenvalue weighted by Gasteiger charge is 2.24. The lowest BCUT2D eigenvalue weighted by Gasteiger charge is -2.23. The Kier molecular flexibility index (Phi) is 3.01. The largest absolute Gasteiger partial charge is 0.365 e. The Hall–Kier alpha value is -1.16. The van der Waals surface area contributed by atoms with Crippen LogP contribution in [-0.2, 0) is 12.8 Å². The van der Waals surface area contributed by atoms with E-state index in [0.717, 1.165) is 16.6 Å². The van der Waals surface area contributed by atoms with Gasteiger partial charge in [0.25, 0.3) is 0 Å². The Morgan fingerprint density at radius 2 is 2.11 bits per heavy atom. The van der Waals surface area contributed by atoms with Crippen molar-refractivity contribution >= 4 is 27.4 Å². The van der Waals surface area contributed by atoms with Crippen LogP contribution in [0.5, 0.6) is 0 Å². The minimum absolute atomic E-state index is 0.0259. The van der Waals surface area contributed by atoms with Gasteiger partial charge in [0.05, 0.1) is 5.39 Å². The molecule has 4 heteroatoms. The summed E-state index contributed by atoms with van der Waals surface area (Å²) >= 11 is 1.85. The SMILES string of the molecule is C[C@H]1CCc2c(sc3ncnc(NC(C)(C)C)c23)C1. The van der Waals surface area contributed by atoms with Crippen LogP contribution in [-0.4, -0.2) is 15.5 Å². The van der Waals surface area contributed by atoms with E-state index in [9.17, 15) is 0 Å². The molecule has 0 aromatic carbocycles. The van der Waals surface area contributed by atoms with Crippen LogP contribution in [0.2, 0.25) is 0 Å². The van der Waals surface area contributed by atoms with Crippen molar-refractivity contribution in [3.63, 3.8) is 0 Å². The van der Waals surface area contributed by atoms with Crippen molar-refractivity contribution in [1.82, 2.24) is 9.97 Å². The summed E-state index contributed by atoms with van der Waals surface area (Å²) in [6, 6.07) is 0. The van der Waals surface area contributed by atoms with Gasteiger partial charge in [0, 0.05) is 10.4 Å². The normalized spacial score (nSPS) is 19.5. The molecule has 19 heavy (non-hydrogen) atoms. The number of rotatable bonds is 1. The van der Waals surface area contributed by atoms with Gasteiger partial charge in [0.2, 0.25) is 0 Å². The standard InChI is InChI=1S/C15H21N3S/c1-9-5-6-10-11(7-9)19-14-12(10)13(16-8-17-14)18-15(2,3)4/h8-9H,5-7H2,1-4H3,(H,16,17,18)/t9-/m0/s1. The van der Waals surface area contributed by atoms with E-state index in [1.165, 1.54) is 35.1 Å². The maximum atomic E-state index is 4.48. The minimum atomic E-state index is 0.0259. The van der Waals surface area contributed by atoms with E-state index in [1.807, 2.05) is 11.3 Å². The van der Waals surface area contributed by atoms with Crippen molar-refractivity contribution in [1.29, 1.82) is 0 Å². The molecule has 0 bridgehead atoms. The molecule has 2 heterocycles. The monoisotopic (exact) mass is 275 g/mol. The summed E-state index contributed by atoms with van der Waals surface area (Å²) in [5.41, 5.74) is 1.52. The van der Waals surface area contributed by atoms with Crippen LogP contribution in [0.15, 0.2) is 6.33 Å². The van der Waals surface area contributed by atoms with Crippen molar-refractivity contribution in [3.05, 3.63) is 16.8 Å². The van der Waals surface area contributed by atoms with Crippen LogP contribution in [0.25, 0.3) is 10.2 Å². The zero-order valence-electron chi connectivity index (χ0n) is 12.1. The van der Waals surface area contributed by atoms with Crippen LogP contribution in [0.4, 0.5) is 5.82 Å². The summed E-state index contributed by atoms with van der Waals surface area (Å²) in [4.78, 5) is 11.6. The molecule has 1 aliphatic rings. The number of hydrogen-bond donors (Lipinski definition) is 1. The zero-order chi connectivity index (χ0) is 13.6. The van der Waals surface area contributed by atoms with Crippen LogP contribution in [0.3, 0.4) is 0 Å². The maximum Gasteiger partial charge on any atom is 0.138 e. The Balaban J connectivity index is 2.14. The highest BCUT2D eigenvalue weighted by molar-refractivity contribution is 7.19. The van der Waals surface area contributed by atoms with Gasteiger partial charge in [-0.1, -0.05) is 6.92 Å². The summed E-state index contributed by atoms with van der Waals surface area (Å²) in [7, 11) is 0. The Labute approximate surface area is 118 Å². The molecule has 0 amide bonds. The quantitative estimate of drug-likeness (QED) is 0.854. The molecule has 3 rings (SSSR count). The van der Waals surface area contributed by atoms with Gasteiger partial charge in [-0.25, -0.2) is 9.97 Å². The van der Waals surface area contributed by atoms with E-state index in [1.54, 1.807) is 6.33 Å². The molecule has 3 nitrogen and oxygen atoms in total. The number of anilines is 1. The van der Waals surface area contributed by atoms with Gasteiger partial charge in [0.15, 0.2) is 0 Å². The van der Waals surface area contributed by atoms with Crippen LogP contribution in [0, 0.1) is 5.92 Å². The Bertz CT molecular complexity index is 610. The molecule has 0 radical (unpaired) electrons. The lowest BCUT2D eigenvalue weighted by molar-refractivity contribution is 0.509. The second-order valence-corrected chi connectivity index (χ2v) is 7.71. The number of hydrogen-bond acceptors (Lipinski definition) is 4. The second kappa shape index (κ2) is 4.44. The molecule has 0 fully saturated rings. The molecule has 0 unspecified atom stereocenters. The van der Waals surface area contributed by atoms with Gasteiger partial charge >= 0.3 is 0 Å². The van der Waals surface area contributed by atoms with Crippen LogP contribution in [0.1, 0.15) is 44.6 Å². The predicted molar refractivity (Wildman–Crippen MR) is 82.0 cm³/mol. The van der Waals surface area contributed by atoms with Gasteiger partial charge < -0.3 is 5.32 Å². The summed E-state index contributed by atoms with van der Waals surface area (Å²) in [5.74, 6) is 1.80. The van der Waals surface area contributed by atoms with E-state index >= 15 is 0 Å². The highest BCUT2D eigenvalue weighted by atomic mass is 32.1. The molecule has 2 aromatic heterocycles. The van der Waals surface area contributed by atoms with E-state index < -0.39 is 0 Å². The van der Waals surface area contributed by atoms with Crippen molar-refractivity contribution in [3.8, 4) is 0 Å². The predicted octanol–water partition coefficient (Wildman–Crippen LogP) is 4.03. The topological polar surface area (TPSA) is 37.8 Å². The molecule has 1 N–H and O–H groups in total. The molecule has 0 saturated carbocycles. The molecular formula is C15H21N3S. The third-order valence-corrected chi connectivity index (χ3v) is 4.75. The zero-order valence-corrected chi connectivity index (χ0v) is 12.9. The summed E-state index contributed by atoms with van der Waals surface area (Å²) in [6.45, 7) is 8.85. The number of fused-ring (bicyclic) bond motifs is 3. The molecule has 0 spiro atoms. The first-order valence-electron chi connectivity index (χ1n) is 6.97. The molecule has 1 aliphatic carbocycles. The highest BCUT2D eigenvalue weighted by Crippen LogP contribution is 2.40. The van der Waals surface area contributed by atoms with Gasteiger partial charge in [-0.2, -0.15) is 0 Å². The lowest BCUT2D eigenvalue weighted by Crippen LogP contribution is -2.27. The Morgan fingerprint density at radius 1 is 1.32 bits per heavy atom. The van der Waals surface area contributed by atoms with Crippen molar-refractivity contribution in [2.45, 2.75) is 52.5 Å². The number of nitrogens with one attached hydrogen (secondary N) is 1. The first-order valence-corrected chi connectivity index (χ1v) is 7.79. The van der Waals surface area contributed by atoms with Gasteiger partial charge in [-0.05, 0) is 51.5 Å². The molecule has 0 saturated heterocycles. The lowest BCUT2D eigenvalue weighted by atomic mass is 9.89. The summed E-state index contributed by atoms with van der Waals surface area (Å²) < 4.78 is 0. The fraction of sp³-hybridized carbons (Fsp3) is 0.600. The van der Waals surface area contributed by atoms with Crippen molar-refractivity contribution < 1.29 is 0 Å². The molecule has 0 aliphatic heterocycles. The smallest absolute Gasteiger partial charge is 0.138 e. The third kappa shape index (κ3) is 2.46. The first kappa shape index (κ1) is 12.9. The van der Waals surface area contributed by atoms with Gasteiger partial charge in [-0.3, -0.25) is 0 Å². The fourth-order valence-corrected chi connectivity index (χ4v) is 4.08. The third-order valence-electron chi connectivity index (χ3n) is 3.59. The average molecular weight is 275 g/mol. The van der Waals surface area contributed by atoms with Gasteiger partial charge in [0.1, 0.15) is 17.0 Å². The van der Waals surface area contributed by atoms with E-state index in [2.05, 4.69) is 43.0 Å². The molecule has 102 valence electrons. The summed E-state index contributed by atoms with van der Waals surface area (Å²) in [5, 5.41) is 4.80. The molecule has 2 aromatic rings. The van der Waals surface area contributed by atoms with E-state index in [0.29, 0.717) is 0 Å². The van der Waals surface area contributed by atoms with E-state index in [4.69, 9.17) is 0 Å². The summed E-state index contributed by atoms with van der Waals surface area (Å²) in [6.07, 6.45) is 5.33. The number of aryl methyl sites for hydroxylation is 1. The van der Waals surface area contributed by atoms with Crippen molar-refractivity contribution in [2.75, 3.05) is 5.32 Å². The number of thiophene rings is 1. The fourth-order valence-electron chi connectivity index (χ4n) is 2.73. The van der Waals surface area contributed by atoms with Crippen molar-refractivity contribution in [2.24, 2.45) is 5.92 Å². The first-order chi connectivity index (χ1) is 8.94. The second-order valence-electron chi connectivity index (χ2n) is 6.63. The number of aromatic nitrogens is 2. The van der Waals surface area contributed by atoms with E-state index in [-0.39, 0.29) is 5.54 Å². The number of nitrogens with zero attached hydrogens (tertiary/aromatic N) is 2. The minimum Gasteiger partial charge on any atom is -0.365 e. The molecular weight excluding hydrogens is 254 g/mol. The Morgan fingerprint density at radius 3 is 2.84 bits per heavy atom.